The first-order valence-electron chi connectivity index (χ1n) is 6.98. The zero-order chi connectivity index (χ0) is 14.6. The van der Waals surface area contributed by atoms with Gasteiger partial charge in [0.15, 0.2) is 0 Å². The Labute approximate surface area is 120 Å². The van der Waals surface area contributed by atoms with E-state index in [9.17, 15) is 9.90 Å². The Morgan fingerprint density at radius 3 is 2.75 bits per heavy atom. The van der Waals surface area contributed by atoms with Crippen molar-refractivity contribution >= 4 is 11.7 Å². The number of hydrogen-bond donors (Lipinski definition) is 3. The molecule has 110 valence electrons. The summed E-state index contributed by atoms with van der Waals surface area (Å²) >= 11 is 0. The van der Waals surface area contributed by atoms with Gasteiger partial charge in [0, 0.05) is 18.8 Å². The maximum absolute atomic E-state index is 11.8. The third-order valence-corrected chi connectivity index (χ3v) is 3.55. The summed E-state index contributed by atoms with van der Waals surface area (Å²) in [5.74, 6) is 0. The fraction of sp³-hybridized carbons (Fsp3) is 0.533. The Bertz CT molecular complexity index is 470. The smallest absolute Gasteiger partial charge is 0.319 e. The van der Waals surface area contributed by atoms with Crippen molar-refractivity contribution in [2.75, 3.05) is 26.0 Å². The summed E-state index contributed by atoms with van der Waals surface area (Å²) in [7, 11) is 4.01. The molecule has 0 bridgehead atoms. The fourth-order valence-electron chi connectivity index (χ4n) is 2.29. The van der Waals surface area contributed by atoms with Gasteiger partial charge in [-0.25, -0.2) is 4.79 Å². The minimum atomic E-state index is -0.690. The van der Waals surface area contributed by atoms with Crippen molar-refractivity contribution in [1.82, 2.24) is 10.2 Å². The van der Waals surface area contributed by atoms with Gasteiger partial charge in [-0.15, -0.1) is 0 Å². The van der Waals surface area contributed by atoms with Crippen molar-refractivity contribution in [3.63, 3.8) is 0 Å². The van der Waals surface area contributed by atoms with Crippen LogP contribution in [0.15, 0.2) is 24.3 Å². The van der Waals surface area contributed by atoms with Gasteiger partial charge in [-0.1, -0.05) is 12.1 Å². The zero-order valence-corrected chi connectivity index (χ0v) is 12.1. The van der Waals surface area contributed by atoms with Crippen molar-refractivity contribution in [2.45, 2.75) is 31.4 Å². The first kappa shape index (κ1) is 14.8. The van der Waals surface area contributed by atoms with Crippen LogP contribution in [0.5, 0.6) is 0 Å². The number of anilines is 1. The van der Waals surface area contributed by atoms with Gasteiger partial charge in [0.05, 0.1) is 5.60 Å². The normalized spacial score (nSPS) is 16.6. The highest BCUT2D eigenvalue weighted by atomic mass is 16.3. The standard InChI is InChI=1S/C15H23N3O2/c1-18(2)10-12-5-3-6-13(9-12)17-14(19)16-11-15(20)7-4-8-15/h3,5-6,9,20H,4,7-8,10-11H2,1-2H3,(H2,16,17,19). The van der Waals surface area contributed by atoms with E-state index in [0.717, 1.165) is 37.1 Å². The molecule has 1 aliphatic carbocycles. The first-order chi connectivity index (χ1) is 9.47. The number of nitrogens with zero attached hydrogens (tertiary/aromatic N) is 1. The molecule has 0 atom stereocenters. The summed E-state index contributed by atoms with van der Waals surface area (Å²) in [6.07, 6.45) is 2.57. The Morgan fingerprint density at radius 1 is 1.40 bits per heavy atom. The molecule has 2 rings (SSSR count). The van der Waals surface area contributed by atoms with Crippen LogP contribution in [-0.2, 0) is 6.54 Å². The van der Waals surface area contributed by atoms with Crippen LogP contribution in [0.2, 0.25) is 0 Å². The second kappa shape index (κ2) is 6.24. The Hall–Kier alpha value is -1.59. The Kier molecular flexibility index (Phi) is 4.62. The molecule has 1 fully saturated rings. The molecule has 1 aromatic rings. The summed E-state index contributed by atoms with van der Waals surface area (Å²) in [5.41, 5.74) is 1.22. The van der Waals surface area contributed by atoms with E-state index in [1.165, 1.54) is 0 Å². The molecule has 1 aliphatic rings. The molecule has 2 amide bonds. The van der Waals surface area contributed by atoms with Crippen molar-refractivity contribution in [1.29, 1.82) is 0 Å². The molecule has 0 radical (unpaired) electrons. The molecule has 1 saturated carbocycles. The minimum Gasteiger partial charge on any atom is -0.388 e. The fourth-order valence-corrected chi connectivity index (χ4v) is 2.29. The Balaban J connectivity index is 1.84. The number of amides is 2. The lowest BCUT2D eigenvalue weighted by atomic mass is 9.80. The highest BCUT2D eigenvalue weighted by molar-refractivity contribution is 5.89. The second-order valence-corrected chi connectivity index (χ2v) is 5.82. The second-order valence-electron chi connectivity index (χ2n) is 5.82. The van der Waals surface area contributed by atoms with E-state index in [2.05, 4.69) is 15.5 Å². The minimum absolute atomic E-state index is 0.271. The average molecular weight is 277 g/mol. The van der Waals surface area contributed by atoms with Gasteiger partial charge in [-0.05, 0) is 51.1 Å². The summed E-state index contributed by atoms with van der Waals surface area (Å²) in [6.45, 7) is 1.15. The van der Waals surface area contributed by atoms with Gasteiger partial charge in [-0.2, -0.15) is 0 Å². The average Bonchev–Trinajstić information content (AvgIpc) is 2.33. The van der Waals surface area contributed by atoms with Crippen LogP contribution in [0.1, 0.15) is 24.8 Å². The van der Waals surface area contributed by atoms with Gasteiger partial charge in [0.1, 0.15) is 0 Å². The summed E-state index contributed by atoms with van der Waals surface area (Å²) < 4.78 is 0. The lowest BCUT2D eigenvalue weighted by Crippen LogP contribution is -2.48. The summed E-state index contributed by atoms with van der Waals surface area (Å²) in [6, 6.07) is 7.50. The molecule has 0 spiro atoms. The molecule has 5 nitrogen and oxygen atoms in total. The molecular formula is C15H23N3O2. The van der Waals surface area contributed by atoms with E-state index < -0.39 is 5.60 Å². The highest BCUT2D eigenvalue weighted by Gasteiger charge is 2.34. The Morgan fingerprint density at radius 2 is 2.15 bits per heavy atom. The monoisotopic (exact) mass is 277 g/mol. The first-order valence-corrected chi connectivity index (χ1v) is 6.98. The SMILES string of the molecule is CN(C)Cc1cccc(NC(=O)NCC2(O)CCC2)c1. The number of hydrogen-bond acceptors (Lipinski definition) is 3. The van der Waals surface area contributed by atoms with Crippen LogP contribution in [-0.4, -0.2) is 42.3 Å². The van der Waals surface area contributed by atoms with Crippen molar-refractivity contribution in [3.8, 4) is 0 Å². The number of carbonyl (C=O) groups is 1. The van der Waals surface area contributed by atoms with Crippen molar-refractivity contribution in [2.24, 2.45) is 0 Å². The van der Waals surface area contributed by atoms with Crippen LogP contribution in [0.25, 0.3) is 0 Å². The predicted octanol–water partition coefficient (Wildman–Crippen LogP) is 1.78. The lowest BCUT2D eigenvalue weighted by molar-refractivity contribution is -0.0287. The lowest BCUT2D eigenvalue weighted by Gasteiger charge is -2.36. The zero-order valence-electron chi connectivity index (χ0n) is 12.1. The predicted molar refractivity (Wildman–Crippen MR) is 79.7 cm³/mol. The maximum Gasteiger partial charge on any atom is 0.319 e. The number of carbonyl (C=O) groups excluding carboxylic acids is 1. The molecule has 0 heterocycles. The summed E-state index contributed by atoms with van der Waals surface area (Å²) in [5, 5.41) is 15.4. The summed E-state index contributed by atoms with van der Waals surface area (Å²) in [4.78, 5) is 13.9. The number of nitrogens with one attached hydrogen (secondary N) is 2. The molecule has 5 heteroatoms. The van der Waals surface area contributed by atoms with E-state index in [-0.39, 0.29) is 6.03 Å². The van der Waals surface area contributed by atoms with Crippen LogP contribution >= 0.6 is 0 Å². The third-order valence-electron chi connectivity index (χ3n) is 3.55. The van der Waals surface area contributed by atoms with Crippen LogP contribution in [0.3, 0.4) is 0 Å². The van der Waals surface area contributed by atoms with Gasteiger partial charge in [0.25, 0.3) is 0 Å². The van der Waals surface area contributed by atoms with Crippen LogP contribution in [0.4, 0.5) is 10.5 Å². The van der Waals surface area contributed by atoms with E-state index in [1.54, 1.807) is 0 Å². The van der Waals surface area contributed by atoms with E-state index in [4.69, 9.17) is 0 Å². The van der Waals surface area contributed by atoms with E-state index >= 15 is 0 Å². The van der Waals surface area contributed by atoms with E-state index in [1.807, 2.05) is 38.4 Å². The van der Waals surface area contributed by atoms with E-state index in [0.29, 0.717) is 6.54 Å². The van der Waals surface area contributed by atoms with Crippen molar-refractivity contribution in [3.05, 3.63) is 29.8 Å². The molecular weight excluding hydrogens is 254 g/mol. The molecule has 0 saturated heterocycles. The molecule has 0 unspecified atom stereocenters. The van der Waals surface area contributed by atoms with Gasteiger partial charge in [-0.3, -0.25) is 0 Å². The molecule has 0 aliphatic heterocycles. The van der Waals surface area contributed by atoms with Crippen molar-refractivity contribution < 1.29 is 9.90 Å². The third kappa shape index (κ3) is 4.21. The number of urea groups is 1. The molecule has 3 N–H and O–H groups in total. The van der Waals surface area contributed by atoms with Crippen LogP contribution in [0, 0.1) is 0 Å². The number of benzene rings is 1. The topological polar surface area (TPSA) is 64.6 Å². The molecule has 0 aromatic heterocycles. The van der Waals surface area contributed by atoms with Crippen LogP contribution < -0.4 is 10.6 Å². The van der Waals surface area contributed by atoms with Gasteiger partial charge in [0.2, 0.25) is 0 Å². The largest absolute Gasteiger partial charge is 0.388 e. The molecule has 20 heavy (non-hydrogen) atoms. The number of aliphatic hydroxyl groups is 1. The number of rotatable bonds is 5. The maximum atomic E-state index is 11.8. The molecule has 1 aromatic carbocycles. The van der Waals surface area contributed by atoms with Gasteiger partial charge >= 0.3 is 6.03 Å². The van der Waals surface area contributed by atoms with Gasteiger partial charge < -0.3 is 20.6 Å². The highest BCUT2D eigenvalue weighted by Crippen LogP contribution is 2.30. The quantitative estimate of drug-likeness (QED) is 0.769.